The quantitative estimate of drug-likeness (QED) is 0.738. The molecule has 1 saturated heterocycles. The highest BCUT2D eigenvalue weighted by Gasteiger charge is 2.28. The topological polar surface area (TPSA) is 29.5 Å². The molecule has 0 bridgehead atoms. The molecule has 3 heteroatoms. The van der Waals surface area contributed by atoms with E-state index in [-0.39, 0.29) is 11.7 Å². The lowest BCUT2D eigenvalue weighted by Crippen LogP contribution is -2.42. The fraction of sp³-hybridized carbons (Fsp3) is 0.929. The van der Waals surface area contributed by atoms with Crippen molar-refractivity contribution in [3.05, 3.63) is 0 Å². The van der Waals surface area contributed by atoms with Crippen LogP contribution in [0, 0.1) is 11.8 Å². The van der Waals surface area contributed by atoms with Crippen molar-refractivity contribution >= 4 is 6.09 Å². The van der Waals surface area contributed by atoms with Crippen molar-refractivity contribution < 1.29 is 9.53 Å². The monoisotopic (exact) mass is 241 g/mol. The van der Waals surface area contributed by atoms with E-state index >= 15 is 0 Å². The summed E-state index contributed by atoms with van der Waals surface area (Å²) < 4.78 is 5.39. The second kappa shape index (κ2) is 5.74. The summed E-state index contributed by atoms with van der Waals surface area (Å²) in [5.74, 6) is 1.55. The molecule has 1 amide bonds. The summed E-state index contributed by atoms with van der Waals surface area (Å²) in [7, 11) is 0. The first kappa shape index (κ1) is 14.3. The highest BCUT2D eigenvalue weighted by Crippen LogP contribution is 2.27. The van der Waals surface area contributed by atoms with Crippen molar-refractivity contribution in [3.63, 3.8) is 0 Å². The molecule has 1 unspecified atom stereocenters. The van der Waals surface area contributed by atoms with Gasteiger partial charge in [0.25, 0.3) is 0 Å². The van der Waals surface area contributed by atoms with E-state index in [0.29, 0.717) is 0 Å². The van der Waals surface area contributed by atoms with Crippen LogP contribution >= 0.6 is 0 Å². The lowest BCUT2D eigenvalue weighted by molar-refractivity contribution is 0.0162. The molecule has 1 atom stereocenters. The molecule has 0 aliphatic carbocycles. The Labute approximate surface area is 106 Å². The Morgan fingerprint density at radius 3 is 2.29 bits per heavy atom. The largest absolute Gasteiger partial charge is 0.444 e. The van der Waals surface area contributed by atoms with E-state index in [0.717, 1.165) is 37.8 Å². The zero-order chi connectivity index (χ0) is 13.1. The molecule has 0 saturated carbocycles. The molecule has 1 aliphatic heterocycles. The van der Waals surface area contributed by atoms with Gasteiger partial charge in [0.1, 0.15) is 5.60 Å². The van der Waals surface area contributed by atoms with Gasteiger partial charge in [0.2, 0.25) is 0 Å². The van der Waals surface area contributed by atoms with Gasteiger partial charge < -0.3 is 9.64 Å². The summed E-state index contributed by atoms with van der Waals surface area (Å²) in [6.45, 7) is 12.0. The fourth-order valence-corrected chi connectivity index (χ4v) is 2.31. The van der Waals surface area contributed by atoms with E-state index in [2.05, 4.69) is 13.8 Å². The van der Waals surface area contributed by atoms with Gasteiger partial charge in [-0.1, -0.05) is 20.3 Å². The van der Waals surface area contributed by atoms with Crippen molar-refractivity contribution in [3.8, 4) is 0 Å². The molecule has 0 aromatic heterocycles. The normalized spacial score (nSPS) is 20.2. The summed E-state index contributed by atoms with van der Waals surface area (Å²) in [6.07, 6.45) is 3.32. The second-order valence-corrected chi connectivity index (χ2v) is 6.19. The van der Waals surface area contributed by atoms with E-state index in [9.17, 15) is 4.79 Å². The third-order valence-electron chi connectivity index (χ3n) is 3.64. The minimum Gasteiger partial charge on any atom is -0.444 e. The first-order chi connectivity index (χ1) is 7.83. The van der Waals surface area contributed by atoms with Crippen LogP contribution in [-0.4, -0.2) is 29.7 Å². The van der Waals surface area contributed by atoms with Gasteiger partial charge >= 0.3 is 6.09 Å². The molecule has 0 aromatic carbocycles. The van der Waals surface area contributed by atoms with Gasteiger partial charge in [-0.15, -0.1) is 0 Å². The van der Waals surface area contributed by atoms with Gasteiger partial charge in [-0.25, -0.2) is 4.79 Å². The Morgan fingerprint density at radius 2 is 1.88 bits per heavy atom. The minimum atomic E-state index is -0.384. The summed E-state index contributed by atoms with van der Waals surface area (Å²) >= 11 is 0. The summed E-state index contributed by atoms with van der Waals surface area (Å²) in [5.41, 5.74) is -0.384. The number of nitrogens with zero attached hydrogens (tertiary/aromatic N) is 1. The number of likely N-dealkylation sites (tertiary alicyclic amines) is 1. The van der Waals surface area contributed by atoms with E-state index in [4.69, 9.17) is 4.74 Å². The summed E-state index contributed by atoms with van der Waals surface area (Å²) in [5, 5.41) is 0. The number of amides is 1. The second-order valence-electron chi connectivity index (χ2n) is 6.19. The minimum absolute atomic E-state index is 0.153. The smallest absolute Gasteiger partial charge is 0.410 e. The Hall–Kier alpha value is -0.730. The molecule has 0 spiro atoms. The highest BCUT2D eigenvalue weighted by molar-refractivity contribution is 5.68. The van der Waals surface area contributed by atoms with Gasteiger partial charge in [0.15, 0.2) is 0 Å². The molecule has 0 aromatic rings. The van der Waals surface area contributed by atoms with Crippen LogP contribution in [0.5, 0.6) is 0 Å². The van der Waals surface area contributed by atoms with Crippen LogP contribution in [0.2, 0.25) is 0 Å². The first-order valence-corrected chi connectivity index (χ1v) is 6.81. The number of carbonyl (C=O) groups excluding carboxylic acids is 1. The maximum Gasteiger partial charge on any atom is 0.410 e. The molecule has 3 nitrogen and oxygen atoms in total. The molecule has 1 rings (SSSR count). The standard InChI is InChI=1S/C14H27NO2/c1-6-11(2)12-7-9-15(10-8-12)13(16)17-14(3,4)5/h11-12H,6-10H2,1-5H3. The van der Waals surface area contributed by atoms with Crippen LogP contribution in [0.3, 0.4) is 0 Å². The van der Waals surface area contributed by atoms with Gasteiger partial charge in [-0.05, 0) is 45.4 Å². The molecule has 1 aliphatic rings. The van der Waals surface area contributed by atoms with Gasteiger partial charge in [0, 0.05) is 13.1 Å². The number of piperidine rings is 1. The molecule has 0 N–H and O–H groups in total. The number of hydrogen-bond donors (Lipinski definition) is 0. The molecule has 1 heterocycles. The Morgan fingerprint density at radius 1 is 1.35 bits per heavy atom. The SMILES string of the molecule is CCC(C)C1CCN(C(=O)OC(C)(C)C)CC1. The lowest BCUT2D eigenvalue weighted by atomic mass is 9.84. The number of rotatable bonds is 2. The maximum absolute atomic E-state index is 11.9. The van der Waals surface area contributed by atoms with Crippen molar-refractivity contribution in [2.45, 2.75) is 59.5 Å². The first-order valence-electron chi connectivity index (χ1n) is 6.81. The number of hydrogen-bond acceptors (Lipinski definition) is 2. The highest BCUT2D eigenvalue weighted by atomic mass is 16.6. The summed E-state index contributed by atoms with van der Waals surface area (Å²) in [6, 6.07) is 0. The van der Waals surface area contributed by atoms with Crippen molar-refractivity contribution in [2.75, 3.05) is 13.1 Å². The zero-order valence-corrected chi connectivity index (χ0v) is 12.0. The van der Waals surface area contributed by atoms with Crippen LogP contribution in [-0.2, 0) is 4.74 Å². The number of ether oxygens (including phenoxy) is 1. The lowest BCUT2D eigenvalue weighted by Gasteiger charge is -2.35. The van der Waals surface area contributed by atoms with Crippen LogP contribution in [0.4, 0.5) is 4.79 Å². The van der Waals surface area contributed by atoms with E-state index in [1.165, 1.54) is 6.42 Å². The van der Waals surface area contributed by atoms with Crippen LogP contribution in [0.25, 0.3) is 0 Å². The zero-order valence-electron chi connectivity index (χ0n) is 12.0. The van der Waals surface area contributed by atoms with Gasteiger partial charge in [0.05, 0.1) is 0 Å². The van der Waals surface area contributed by atoms with Crippen LogP contribution in [0.1, 0.15) is 53.9 Å². The number of carbonyl (C=O) groups is 1. The average molecular weight is 241 g/mol. The summed E-state index contributed by atoms with van der Waals surface area (Å²) in [4.78, 5) is 13.7. The van der Waals surface area contributed by atoms with Crippen molar-refractivity contribution in [2.24, 2.45) is 11.8 Å². The van der Waals surface area contributed by atoms with Gasteiger partial charge in [-0.3, -0.25) is 0 Å². The Balaban J connectivity index is 2.39. The van der Waals surface area contributed by atoms with E-state index in [1.54, 1.807) is 0 Å². The third kappa shape index (κ3) is 4.57. The van der Waals surface area contributed by atoms with E-state index < -0.39 is 0 Å². The van der Waals surface area contributed by atoms with Crippen molar-refractivity contribution in [1.29, 1.82) is 0 Å². The molecular weight excluding hydrogens is 214 g/mol. The Kier molecular flexibility index (Phi) is 4.84. The average Bonchev–Trinajstić information content (AvgIpc) is 2.26. The fourth-order valence-electron chi connectivity index (χ4n) is 2.31. The predicted molar refractivity (Wildman–Crippen MR) is 70.0 cm³/mol. The third-order valence-corrected chi connectivity index (χ3v) is 3.64. The molecule has 100 valence electrons. The maximum atomic E-state index is 11.9. The van der Waals surface area contributed by atoms with Gasteiger partial charge in [-0.2, -0.15) is 0 Å². The molecule has 17 heavy (non-hydrogen) atoms. The molecule has 0 radical (unpaired) electrons. The Bertz CT molecular complexity index is 249. The van der Waals surface area contributed by atoms with Crippen LogP contribution in [0.15, 0.2) is 0 Å². The van der Waals surface area contributed by atoms with E-state index in [1.807, 2.05) is 25.7 Å². The molecular formula is C14H27NO2. The van der Waals surface area contributed by atoms with Crippen molar-refractivity contribution in [1.82, 2.24) is 4.90 Å². The van der Waals surface area contributed by atoms with Crippen LogP contribution < -0.4 is 0 Å². The molecule has 1 fully saturated rings. The predicted octanol–water partition coefficient (Wildman–Crippen LogP) is 3.68.